The van der Waals surface area contributed by atoms with Gasteiger partial charge in [-0.1, -0.05) is 26.0 Å². The molecule has 3 rings (SSSR count). The van der Waals surface area contributed by atoms with Crippen molar-refractivity contribution in [3.05, 3.63) is 29.8 Å². The normalized spacial score (nSPS) is 20.7. The van der Waals surface area contributed by atoms with Crippen LogP contribution in [0.1, 0.15) is 57.4 Å². The molecule has 0 bridgehead atoms. The standard InChI is InChI=1S/C17H22N2O2S/c1-13(2)14-5-3-6-16(11-14)22(20,21)19(15-7-8-15)17(12-18)9-4-10-17/h3,5-6,11,13,15H,4,7-10H2,1-2H3. The molecule has 0 aliphatic heterocycles. The van der Waals surface area contributed by atoms with E-state index < -0.39 is 15.6 Å². The van der Waals surface area contributed by atoms with Gasteiger partial charge in [-0.15, -0.1) is 0 Å². The van der Waals surface area contributed by atoms with Crippen LogP contribution in [0.3, 0.4) is 0 Å². The van der Waals surface area contributed by atoms with Crippen molar-refractivity contribution >= 4 is 10.0 Å². The first kappa shape index (κ1) is 15.5. The van der Waals surface area contributed by atoms with Gasteiger partial charge in [0.1, 0.15) is 5.54 Å². The molecule has 2 aliphatic rings. The van der Waals surface area contributed by atoms with Gasteiger partial charge in [0.15, 0.2) is 0 Å². The summed E-state index contributed by atoms with van der Waals surface area (Å²) in [7, 11) is -3.61. The van der Waals surface area contributed by atoms with Gasteiger partial charge in [0.25, 0.3) is 0 Å². The molecule has 0 amide bonds. The van der Waals surface area contributed by atoms with Crippen molar-refractivity contribution in [1.29, 1.82) is 5.26 Å². The lowest BCUT2D eigenvalue weighted by Gasteiger charge is -2.44. The van der Waals surface area contributed by atoms with E-state index in [1.807, 2.05) is 19.9 Å². The van der Waals surface area contributed by atoms with Crippen LogP contribution < -0.4 is 0 Å². The van der Waals surface area contributed by atoms with Crippen molar-refractivity contribution in [1.82, 2.24) is 4.31 Å². The molecule has 0 spiro atoms. The van der Waals surface area contributed by atoms with Gasteiger partial charge in [0, 0.05) is 6.04 Å². The van der Waals surface area contributed by atoms with Crippen LogP contribution in [-0.4, -0.2) is 24.3 Å². The van der Waals surface area contributed by atoms with E-state index in [9.17, 15) is 13.7 Å². The van der Waals surface area contributed by atoms with Gasteiger partial charge < -0.3 is 0 Å². The van der Waals surface area contributed by atoms with E-state index in [0.717, 1.165) is 24.8 Å². The third-order valence-electron chi connectivity index (χ3n) is 4.77. The fourth-order valence-electron chi connectivity index (χ4n) is 3.13. The zero-order valence-corrected chi connectivity index (χ0v) is 13.9. The Bertz CT molecular complexity index is 710. The highest BCUT2D eigenvalue weighted by Crippen LogP contribution is 2.46. The summed E-state index contributed by atoms with van der Waals surface area (Å²) < 4.78 is 27.9. The molecule has 0 N–H and O–H groups in total. The van der Waals surface area contributed by atoms with Crippen LogP contribution in [0.2, 0.25) is 0 Å². The maximum Gasteiger partial charge on any atom is 0.244 e. The SMILES string of the molecule is CC(C)c1cccc(S(=O)(=O)N(C2CC2)C2(C#N)CCC2)c1. The second kappa shape index (κ2) is 5.36. The Balaban J connectivity index is 2.04. The van der Waals surface area contributed by atoms with E-state index in [4.69, 9.17) is 0 Å². The molecule has 2 saturated carbocycles. The predicted molar refractivity (Wildman–Crippen MR) is 84.8 cm³/mol. The molecule has 1 aromatic carbocycles. The van der Waals surface area contributed by atoms with Gasteiger partial charge in [-0.05, 0) is 55.7 Å². The Labute approximate surface area is 132 Å². The summed E-state index contributed by atoms with van der Waals surface area (Å²) in [4.78, 5) is 0.326. The molecule has 118 valence electrons. The van der Waals surface area contributed by atoms with Crippen LogP contribution in [0.15, 0.2) is 29.2 Å². The Morgan fingerprint density at radius 2 is 2.00 bits per heavy atom. The molecule has 4 nitrogen and oxygen atoms in total. The maximum absolute atomic E-state index is 13.2. The summed E-state index contributed by atoms with van der Waals surface area (Å²) in [6.45, 7) is 4.10. The van der Waals surface area contributed by atoms with E-state index in [1.165, 1.54) is 4.31 Å². The summed E-state index contributed by atoms with van der Waals surface area (Å²) in [6.07, 6.45) is 3.98. The average molecular weight is 318 g/mol. The molecule has 0 saturated heterocycles. The van der Waals surface area contributed by atoms with Crippen molar-refractivity contribution < 1.29 is 8.42 Å². The molecule has 0 aromatic heterocycles. The first-order valence-corrected chi connectivity index (χ1v) is 9.40. The number of nitrogens with zero attached hydrogens (tertiary/aromatic N) is 2. The van der Waals surface area contributed by atoms with Crippen molar-refractivity contribution in [2.45, 2.75) is 68.3 Å². The fourth-order valence-corrected chi connectivity index (χ4v) is 5.18. The molecule has 0 radical (unpaired) electrons. The smallest absolute Gasteiger partial charge is 0.207 e. The second-order valence-electron chi connectivity index (χ2n) is 6.76. The van der Waals surface area contributed by atoms with E-state index in [-0.39, 0.29) is 12.0 Å². The number of hydrogen-bond acceptors (Lipinski definition) is 3. The van der Waals surface area contributed by atoms with Crippen LogP contribution in [0.4, 0.5) is 0 Å². The lowest BCUT2D eigenvalue weighted by molar-refractivity contribution is 0.140. The zero-order chi connectivity index (χ0) is 16.0. The number of hydrogen-bond donors (Lipinski definition) is 0. The summed E-state index contributed by atoms with van der Waals surface area (Å²) in [5.74, 6) is 0.276. The van der Waals surface area contributed by atoms with Gasteiger partial charge >= 0.3 is 0 Å². The Morgan fingerprint density at radius 1 is 1.32 bits per heavy atom. The summed E-state index contributed by atoms with van der Waals surface area (Å²) in [6, 6.07) is 9.47. The largest absolute Gasteiger partial charge is 0.244 e. The van der Waals surface area contributed by atoms with Gasteiger partial charge in [0.05, 0.1) is 11.0 Å². The van der Waals surface area contributed by atoms with Gasteiger partial charge in [-0.25, -0.2) is 8.42 Å². The molecule has 1 aromatic rings. The fraction of sp³-hybridized carbons (Fsp3) is 0.588. The van der Waals surface area contributed by atoms with Crippen molar-refractivity contribution in [3.8, 4) is 6.07 Å². The van der Waals surface area contributed by atoms with Crippen LogP contribution in [0, 0.1) is 11.3 Å². The van der Waals surface area contributed by atoms with E-state index in [2.05, 4.69) is 6.07 Å². The minimum absolute atomic E-state index is 0.00709. The minimum atomic E-state index is -3.61. The van der Waals surface area contributed by atoms with E-state index in [1.54, 1.807) is 18.2 Å². The van der Waals surface area contributed by atoms with Crippen LogP contribution >= 0.6 is 0 Å². The van der Waals surface area contributed by atoms with Crippen molar-refractivity contribution in [2.24, 2.45) is 0 Å². The number of rotatable bonds is 5. The number of sulfonamides is 1. The molecule has 0 heterocycles. The van der Waals surface area contributed by atoms with Crippen molar-refractivity contribution in [2.75, 3.05) is 0 Å². The highest BCUT2D eigenvalue weighted by atomic mass is 32.2. The summed E-state index contributed by atoms with van der Waals surface area (Å²) in [5, 5.41) is 9.58. The highest BCUT2D eigenvalue weighted by molar-refractivity contribution is 7.89. The highest BCUT2D eigenvalue weighted by Gasteiger charge is 2.54. The van der Waals surface area contributed by atoms with Gasteiger partial charge in [-0.3, -0.25) is 0 Å². The van der Waals surface area contributed by atoms with Gasteiger partial charge in [0.2, 0.25) is 10.0 Å². The monoisotopic (exact) mass is 318 g/mol. The number of benzene rings is 1. The quantitative estimate of drug-likeness (QED) is 0.836. The average Bonchev–Trinajstić information content (AvgIpc) is 3.26. The lowest BCUT2D eigenvalue weighted by Crippen LogP contribution is -2.56. The Hall–Kier alpha value is -1.38. The van der Waals surface area contributed by atoms with E-state index >= 15 is 0 Å². The Morgan fingerprint density at radius 3 is 2.45 bits per heavy atom. The minimum Gasteiger partial charge on any atom is -0.207 e. The topological polar surface area (TPSA) is 61.2 Å². The summed E-state index contributed by atoms with van der Waals surface area (Å²) in [5.41, 5.74) is 0.199. The zero-order valence-electron chi connectivity index (χ0n) is 13.1. The van der Waals surface area contributed by atoms with Gasteiger partial charge in [-0.2, -0.15) is 9.57 Å². The molecule has 2 fully saturated rings. The molecule has 5 heteroatoms. The first-order chi connectivity index (χ1) is 10.4. The van der Waals surface area contributed by atoms with Crippen LogP contribution in [-0.2, 0) is 10.0 Å². The summed E-state index contributed by atoms with van der Waals surface area (Å²) >= 11 is 0. The molecular formula is C17H22N2O2S. The third-order valence-corrected chi connectivity index (χ3v) is 6.79. The molecule has 2 aliphatic carbocycles. The maximum atomic E-state index is 13.2. The Kier molecular flexibility index (Phi) is 3.78. The first-order valence-electron chi connectivity index (χ1n) is 7.96. The molecular weight excluding hydrogens is 296 g/mol. The van der Waals surface area contributed by atoms with Crippen LogP contribution in [0.5, 0.6) is 0 Å². The predicted octanol–water partition coefficient (Wildman–Crippen LogP) is 3.41. The van der Waals surface area contributed by atoms with E-state index in [0.29, 0.717) is 17.7 Å². The molecule has 0 atom stereocenters. The number of nitriles is 1. The van der Waals surface area contributed by atoms with Crippen LogP contribution in [0.25, 0.3) is 0 Å². The molecule has 22 heavy (non-hydrogen) atoms. The third kappa shape index (κ3) is 2.45. The lowest BCUT2D eigenvalue weighted by atomic mass is 9.78. The second-order valence-corrected chi connectivity index (χ2v) is 8.57. The molecule has 0 unspecified atom stereocenters. The van der Waals surface area contributed by atoms with Crippen molar-refractivity contribution in [3.63, 3.8) is 0 Å².